The molecule has 0 aromatic carbocycles. The fourth-order valence-electron chi connectivity index (χ4n) is 7.55. The number of carbonyl (C=O) groups excluding carboxylic acids is 2. The summed E-state index contributed by atoms with van der Waals surface area (Å²) in [6.45, 7) is 4.77. The molecule has 0 rings (SSSR count). The number of aliphatic hydroxyl groups excluding tert-OH is 2. The molecule has 350 valence electrons. The van der Waals surface area contributed by atoms with Crippen LogP contribution in [-0.4, -0.2) is 47.4 Å². The third kappa shape index (κ3) is 45.3. The summed E-state index contributed by atoms with van der Waals surface area (Å²) < 4.78 is 5.42. The smallest absolute Gasteiger partial charge is 0.305 e. The normalized spacial score (nSPS) is 13.1. The predicted octanol–water partition coefficient (Wildman–Crippen LogP) is 15.5. The van der Waals surface area contributed by atoms with Crippen LogP contribution in [0.1, 0.15) is 258 Å². The molecule has 2 atom stereocenters. The summed E-state index contributed by atoms with van der Waals surface area (Å²) >= 11 is 0. The SMILES string of the molecule is CCC/C=C\C/C=C\CCCCCCCC(=O)OCCCCC/C=C\CCCCCCCC(=O)NC(CO)C(O)/C=C/CCCCCCCCCCCCCCCCCC. The van der Waals surface area contributed by atoms with Gasteiger partial charge in [0, 0.05) is 12.8 Å². The molecule has 0 saturated carbocycles. The first kappa shape index (κ1) is 57.8. The third-order valence-electron chi connectivity index (χ3n) is 11.5. The summed E-state index contributed by atoms with van der Waals surface area (Å²) in [6.07, 6.45) is 61.1. The van der Waals surface area contributed by atoms with Gasteiger partial charge in [-0.1, -0.05) is 204 Å². The molecule has 0 aliphatic rings. The zero-order valence-corrected chi connectivity index (χ0v) is 39.7. The zero-order valence-electron chi connectivity index (χ0n) is 39.7. The molecule has 3 N–H and O–H groups in total. The van der Waals surface area contributed by atoms with Gasteiger partial charge < -0.3 is 20.3 Å². The monoisotopic (exact) mass is 842 g/mol. The van der Waals surface area contributed by atoms with Gasteiger partial charge in [0.05, 0.1) is 25.4 Å². The van der Waals surface area contributed by atoms with Gasteiger partial charge in [0.2, 0.25) is 5.91 Å². The van der Waals surface area contributed by atoms with Crippen molar-refractivity contribution in [2.75, 3.05) is 13.2 Å². The molecular weight excluding hydrogens is 743 g/mol. The molecule has 1 amide bonds. The lowest BCUT2D eigenvalue weighted by atomic mass is 10.0. The lowest BCUT2D eigenvalue weighted by Gasteiger charge is -2.20. The average Bonchev–Trinajstić information content (AvgIpc) is 3.25. The van der Waals surface area contributed by atoms with Gasteiger partial charge in [-0.2, -0.15) is 0 Å². The molecule has 0 radical (unpaired) electrons. The van der Waals surface area contributed by atoms with Gasteiger partial charge in [0.15, 0.2) is 0 Å². The maximum Gasteiger partial charge on any atom is 0.305 e. The van der Waals surface area contributed by atoms with Crippen LogP contribution in [0, 0.1) is 0 Å². The molecule has 0 aromatic heterocycles. The fraction of sp³-hybridized carbons (Fsp3) is 0.815. The standard InChI is InChI=1S/C54H99NO5/c1-3-5-7-9-11-13-15-17-18-19-20-21-23-26-30-34-38-42-46-52(57)51(50-56)55-53(58)47-43-39-35-31-27-24-25-29-33-37-41-45-49-60-54(59)48-44-40-36-32-28-22-16-14-12-10-8-6-4-2/h8,10,14,16,25,29,42,46,51-52,56-57H,3-7,9,11-13,15,17-24,26-28,30-41,43-45,47-50H2,1-2H3,(H,55,58)/b10-8-,16-14-,29-25-,46-42+. The predicted molar refractivity (Wildman–Crippen MR) is 259 cm³/mol. The highest BCUT2D eigenvalue weighted by molar-refractivity contribution is 5.76. The number of aliphatic hydroxyl groups is 2. The molecule has 0 spiro atoms. The fourth-order valence-corrected chi connectivity index (χ4v) is 7.55. The van der Waals surface area contributed by atoms with E-state index < -0.39 is 12.1 Å². The van der Waals surface area contributed by atoms with Crippen LogP contribution in [-0.2, 0) is 14.3 Å². The molecule has 60 heavy (non-hydrogen) atoms. The highest BCUT2D eigenvalue weighted by Gasteiger charge is 2.18. The van der Waals surface area contributed by atoms with Crippen LogP contribution < -0.4 is 5.32 Å². The minimum atomic E-state index is -0.862. The van der Waals surface area contributed by atoms with Crippen molar-refractivity contribution in [3.63, 3.8) is 0 Å². The second-order valence-electron chi connectivity index (χ2n) is 17.5. The van der Waals surface area contributed by atoms with E-state index in [1.807, 2.05) is 6.08 Å². The van der Waals surface area contributed by atoms with Crippen LogP contribution in [0.25, 0.3) is 0 Å². The van der Waals surface area contributed by atoms with E-state index in [1.54, 1.807) is 6.08 Å². The quantitative estimate of drug-likeness (QED) is 0.0322. The molecule has 2 unspecified atom stereocenters. The Labute approximate surface area is 372 Å². The summed E-state index contributed by atoms with van der Waals surface area (Å²) in [5.41, 5.74) is 0. The highest BCUT2D eigenvalue weighted by Crippen LogP contribution is 2.15. The van der Waals surface area contributed by atoms with Crippen LogP contribution in [0.3, 0.4) is 0 Å². The van der Waals surface area contributed by atoms with Gasteiger partial charge in [0.1, 0.15) is 0 Å². The summed E-state index contributed by atoms with van der Waals surface area (Å²) in [5, 5.41) is 23.1. The zero-order chi connectivity index (χ0) is 43.7. The van der Waals surface area contributed by atoms with E-state index in [9.17, 15) is 19.8 Å². The maximum atomic E-state index is 12.4. The van der Waals surface area contributed by atoms with E-state index in [0.717, 1.165) is 103 Å². The van der Waals surface area contributed by atoms with E-state index >= 15 is 0 Å². The second kappa shape index (κ2) is 49.5. The Hall–Kier alpha value is -2.18. The van der Waals surface area contributed by atoms with Crippen LogP contribution in [0.2, 0.25) is 0 Å². The minimum Gasteiger partial charge on any atom is -0.466 e. The topological polar surface area (TPSA) is 95.9 Å². The Balaban J connectivity index is 3.57. The van der Waals surface area contributed by atoms with Gasteiger partial charge in [-0.05, 0) is 89.9 Å². The molecule has 0 heterocycles. The Morgan fingerprint density at radius 2 is 0.867 bits per heavy atom. The number of hydrogen-bond donors (Lipinski definition) is 3. The van der Waals surface area contributed by atoms with Gasteiger partial charge in [-0.3, -0.25) is 9.59 Å². The lowest BCUT2D eigenvalue weighted by Crippen LogP contribution is -2.45. The Morgan fingerprint density at radius 1 is 0.467 bits per heavy atom. The maximum absolute atomic E-state index is 12.4. The van der Waals surface area contributed by atoms with Crippen LogP contribution in [0.5, 0.6) is 0 Å². The van der Waals surface area contributed by atoms with Crippen molar-refractivity contribution >= 4 is 11.9 Å². The van der Waals surface area contributed by atoms with Crippen LogP contribution >= 0.6 is 0 Å². The Kier molecular flexibility index (Phi) is 47.7. The van der Waals surface area contributed by atoms with Gasteiger partial charge in [-0.15, -0.1) is 0 Å². The van der Waals surface area contributed by atoms with Crippen molar-refractivity contribution in [3.05, 3.63) is 48.6 Å². The number of carbonyl (C=O) groups is 2. The van der Waals surface area contributed by atoms with Gasteiger partial charge in [-0.25, -0.2) is 0 Å². The number of hydrogen-bond acceptors (Lipinski definition) is 5. The van der Waals surface area contributed by atoms with Gasteiger partial charge in [0.25, 0.3) is 0 Å². The van der Waals surface area contributed by atoms with Gasteiger partial charge >= 0.3 is 5.97 Å². The van der Waals surface area contributed by atoms with Crippen molar-refractivity contribution in [3.8, 4) is 0 Å². The molecule has 0 saturated heterocycles. The first-order valence-electron chi connectivity index (χ1n) is 25.9. The summed E-state index contributed by atoms with van der Waals surface area (Å²) in [7, 11) is 0. The van der Waals surface area contributed by atoms with E-state index in [0.29, 0.717) is 19.4 Å². The first-order chi connectivity index (χ1) is 29.5. The third-order valence-corrected chi connectivity index (χ3v) is 11.5. The number of amides is 1. The minimum absolute atomic E-state index is 0.0404. The highest BCUT2D eigenvalue weighted by atomic mass is 16.5. The average molecular weight is 842 g/mol. The van der Waals surface area contributed by atoms with Crippen molar-refractivity contribution in [1.29, 1.82) is 0 Å². The van der Waals surface area contributed by atoms with E-state index in [4.69, 9.17) is 4.74 Å². The molecule has 0 fully saturated rings. The largest absolute Gasteiger partial charge is 0.466 e. The molecule has 0 aromatic rings. The van der Waals surface area contributed by atoms with E-state index in [1.165, 1.54) is 128 Å². The van der Waals surface area contributed by atoms with Crippen LogP contribution in [0.4, 0.5) is 0 Å². The van der Waals surface area contributed by atoms with Crippen LogP contribution in [0.15, 0.2) is 48.6 Å². The number of esters is 1. The molecule has 0 aliphatic carbocycles. The number of allylic oxidation sites excluding steroid dienone is 7. The number of ether oxygens (including phenoxy) is 1. The number of rotatable bonds is 47. The molecule has 6 heteroatoms. The summed E-state index contributed by atoms with van der Waals surface area (Å²) in [5.74, 6) is -0.135. The summed E-state index contributed by atoms with van der Waals surface area (Å²) in [6, 6.07) is -0.648. The Morgan fingerprint density at radius 3 is 1.35 bits per heavy atom. The molecule has 6 nitrogen and oxygen atoms in total. The lowest BCUT2D eigenvalue weighted by molar-refractivity contribution is -0.143. The molecule has 0 bridgehead atoms. The summed E-state index contributed by atoms with van der Waals surface area (Å²) in [4.78, 5) is 24.4. The van der Waals surface area contributed by atoms with Crippen molar-refractivity contribution < 1.29 is 24.5 Å². The molecular formula is C54H99NO5. The second-order valence-corrected chi connectivity index (χ2v) is 17.5. The van der Waals surface area contributed by atoms with Crippen molar-refractivity contribution in [2.45, 2.75) is 270 Å². The first-order valence-corrected chi connectivity index (χ1v) is 25.9. The number of nitrogens with one attached hydrogen (secondary N) is 1. The number of unbranched alkanes of at least 4 members (excludes halogenated alkanes) is 30. The molecule has 0 aliphatic heterocycles. The van der Waals surface area contributed by atoms with E-state index in [-0.39, 0.29) is 18.5 Å². The van der Waals surface area contributed by atoms with Crippen molar-refractivity contribution in [2.24, 2.45) is 0 Å². The van der Waals surface area contributed by atoms with Crippen molar-refractivity contribution in [1.82, 2.24) is 5.32 Å². The van der Waals surface area contributed by atoms with E-state index in [2.05, 4.69) is 55.6 Å². The Bertz CT molecular complexity index is 1020.